The lowest BCUT2D eigenvalue weighted by Crippen LogP contribution is -2.37. The number of hydrogen-bond acceptors (Lipinski definition) is 3. The Kier molecular flexibility index (Phi) is 3.93. The lowest BCUT2D eigenvalue weighted by Gasteiger charge is -2.40. The summed E-state index contributed by atoms with van der Waals surface area (Å²) in [6, 6.07) is 5.54. The van der Waals surface area contributed by atoms with Gasteiger partial charge in [-0.05, 0) is 49.3 Å². The standard InChI is InChI=1S/C16H24N2O2/c1-16(2)8-6-12(7-9-16)18(3)14-5-4-11(17)10-13(14)15(19)20/h4-5,10,12H,6-9,17H2,1-3H3,(H,19,20). The third-order valence-corrected chi connectivity index (χ3v) is 4.49. The van der Waals surface area contributed by atoms with Crippen molar-refractivity contribution in [3.05, 3.63) is 23.8 Å². The molecule has 1 fully saturated rings. The van der Waals surface area contributed by atoms with Crippen LogP contribution >= 0.6 is 0 Å². The van der Waals surface area contributed by atoms with Crippen molar-refractivity contribution in [2.24, 2.45) is 5.41 Å². The normalized spacial score (nSPS) is 18.8. The van der Waals surface area contributed by atoms with Crippen LogP contribution in [0.5, 0.6) is 0 Å². The van der Waals surface area contributed by atoms with Crippen molar-refractivity contribution in [2.45, 2.75) is 45.6 Å². The van der Waals surface area contributed by atoms with Gasteiger partial charge in [-0.25, -0.2) is 4.79 Å². The monoisotopic (exact) mass is 276 g/mol. The van der Waals surface area contributed by atoms with Crippen LogP contribution in [0.25, 0.3) is 0 Å². The van der Waals surface area contributed by atoms with E-state index in [1.54, 1.807) is 12.1 Å². The molecule has 1 saturated carbocycles. The van der Waals surface area contributed by atoms with E-state index in [9.17, 15) is 9.90 Å². The molecule has 0 aromatic heterocycles. The molecule has 3 N–H and O–H groups in total. The van der Waals surface area contributed by atoms with E-state index in [0.29, 0.717) is 17.1 Å². The third-order valence-electron chi connectivity index (χ3n) is 4.49. The van der Waals surface area contributed by atoms with E-state index in [1.807, 2.05) is 13.1 Å². The van der Waals surface area contributed by atoms with E-state index >= 15 is 0 Å². The largest absolute Gasteiger partial charge is 0.478 e. The van der Waals surface area contributed by atoms with E-state index in [4.69, 9.17) is 5.73 Å². The smallest absolute Gasteiger partial charge is 0.337 e. The molecule has 20 heavy (non-hydrogen) atoms. The minimum absolute atomic E-state index is 0.289. The first-order valence-corrected chi connectivity index (χ1v) is 7.16. The molecular formula is C16H24N2O2. The number of carbonyl (C=O) groups is 1. The predicted molar refractivity (Wildman–Crippen MR) is 82.3 cm³/mol. The summed E-state index contributed by atoms with van der Waals surface area (Å²) in [4.78, 5) is 13.5. The molecular weight excluding hydrogens is 252 g/mol. The topological polar surface area (TPSA) is 66.6 Å². The molecule has 110 valence electrons. The highest BCUT2D eigenvalue weighted by Crippen LogP contribution is 2.38. The summed E-state index contributed by atoms with van der Waals surface area (Å²) >= 11 is 0. The van der Waals surface area contributed by atoms with Gasteiger partial charge in [0, 0.05) is 18.8 Å². The lowest BCUT2D eigenvalue weighted by atomic mass is 9.75. The summed E-state index contributed by atoms with van der Waals surface area (Å²) in [5.74, 6) is -0.921. The van der Waals surface area contributed by atoms with Crippen molar-refractivity contribution < 1.29 is 9.90 Å². The molecule has 2 rings (SSSR count). The molecule has 1 aliphatic carbocycles. The second-order valence-electron chi connectivity index (χ2n) is 6.59. The Labute approximate surface area is 120 Å². The molecule has 0 amide bonds. The third kappa shape index (κ3) is 3.06. The first-order chi connectivity index (χ1) is 9.30. The van der Waals surface area contributed by atoms with Crippen molar-refractivity contribution in [1.29, 1.82) is 0 Å². The Morgan fingerprint density at radius 3 is 2.50 bits per heavy atom. The fourth-order valence-electron chi connectivity index (χ4n) is 3.00. The minimum atomic E-state index is -0.921. The molecule has 0 atom stereocenters. The highest BCUT2D eigenvalue weighted by Gasteiger charge is 2.30. The number of benzene rings is 1. The molecule has 0 bridgehead atoms. The van der Waals surface area contributed by atoms with Gasteiger partial charge in [-0.1, -0.05) is 13.8 Å². The maximum Gasteiger partial charge on any atom is 0.337 e. The summed E-state index contributed by atoms with van der Waals surface area (Å²) < 4.78 is 0. The Bertz CT molecular complexity index is 501. The van der Waals surface area contributed by atoms with E-state index in [0.717, 1.165) is 18.5 Å². The zero-order valence-electron chi connectivity index (χ0n) is 12.5. The molecule has 0 saturated heterocycles. The van der Waals surface area contributed by atoms with Crippen LogP contribution in [0.2, 0.25) is 0 Å². The van der Waals surface area contributed by atoms with Gasteiger partial charge in [0.2, 0.25) is 0 Å². The number of carboxylic acids is 1. The molecule has 0 unspecified atom stereocenters. The molecule has 1 aliphatic rings. The predicted octanol–water partition coefficient (Wildman–Crippen LogP) is 3.37. The van der Waals surface area contributed by atoms with Crippen LogP contribution in [0, 0.1) is 5.41 Å². The van der Waals surface area contributed by atoms with Crippen LogP contribution in [0.15, 0.2) is 18.2 Å². The fraction of sp³-hybridized carbons (Fsp3) is 0.562. The number of aromatic carboxylic acids is 1. The number of nitrogens with two attached hydrogens (primary N) is 1. The maximum atomic E-state index is 11.4. The van der Waals surface area contributed by atoms with Crippen molar-refractivity contribution in [1.82, 2.24) is 0 Å². The van der Waals surface area contributed by atoms with Crippen LogP contribution in [0.4, 0.5) is 11.4 Å². The van der Waals surface area contributed by atoms with Gasteiger partial charge in [-0.15, -0.1) is 0 Å². The molecule has 0 heterocycles. The zero-order valence-corrected chi connectivity index (χ0v) is 12.5. The Balaban J connectivity index is 2.21. The average molecular weight is 276 g/mol. The number of hydrogen-bond donors (Lipinski definition) is 2. The summed E-state index contributed by atoms with van der Waals surface area (Å²) in [5, 5.41) is 9.34. The summed E-state index contributed by atoms with van der Waals surface area (Å²) in [6.07, 6.45) is 4.57. The fourth-order valence-corrected chi connectivity index (χ4v) is 3.00. The molecule has 1 aromatic rings. The quantitative estimate of drug-likeness (QED) is 0.831. The Morgan fingerprint density at radius 2 is 1.95 bits per heavy atom. The van der Waals surface area contributed by atoms with Crippen LogP contribution in [-0.2, 0) is 0 Å². The van der Waals surface area contributed by atoms with Crippen molar-refractivity contribution in [3.63, 3.8) is 0 Å². The van der Waals surface area contributed by atoms with E-state index in [2.05, 4.69) is 18.7 Å². The first kappa shape index (κ1) is 14.7. The molecule has 4 nitrogen and oxygen atoms in total. The lowest BCUT2D eigenvalue weighted by molar-refractivity contribution is 0.0697. The highest BCUT2D eigenvalue weighted by atomic mass is 16.4. The molecule has 4 heteroatoms. The number of nitrogens with zero attached hydrogens (tertiary/aromatic N) is 1. The molecule has 0 radical (unpaired) electrons. The number of rotatable bonds is 3. The van der Waals surface area contributed by atoms with Crippen LogP contribution in [0.3, 0.4) is 0 Å². The van der Waals surface area contributed by atoms with Gasteiger partial charge < -0.3 is 15.7 Å². The van der Waals surface area contributed by atoms with Gasteiger partial charge >= 0.3 is 5.97 Å². The van der Waals surface area contributed by atoms with Gasteiger partial charge in [0.1, 0.15) is 0 Å². The van der Waals surface area contributed by atoms with Gasteiger partial charge in [0.05, 0.1) is 11.3 Å². The number of nitrogen functional groups attached to an aromatic ring is 1. The van der Waals surface area contributed by atoms with Gasteiger partial charge in [-0.3, -0.25) is 0 Å². The molecule has 0 aliphatic heterocycles. The summed E-state index contributed by atoms with van der Waals surface area (Å²) in [7, 11) is 1.99. The maximum absolute atomic E-state index is 11.4. The van der Waals surface area contributed by atoms with Crippen LogP contribution < -0.4 is 10.6 Å². The number of carboxylic acid groups (broad SMARTS) is 1. The molecule has 0 spiro atoms. The van der Waals surface area contributed by atoms with Crippen LogP contribution in [-0.4, -0.2) is 24.2 Å². The Morgan fingerprint density at radius 1 is 1.35 bits per heavy atom. The second kappa shape index (κ2) is 5.35. The first-order valence-electron chi connectivity index (χ1n) is 7.16. The van der Waals surface area contributed by atoms with Crippen molar-refractivity contribution in [2.75, 3.05) is 17.7 Å². The minimum Gasteiger partial charge on any atom is -0.478 e. The zero-order chi connectivity index (χ0) is 14.9. The van der Waals surface area contributed by atoms with Crippen molar-refractivity contribution in [3.8, 4) is 0 Å². The number of anilines is 2. The summed E-state index contributed by atoms with van der Waals surface area (Å²) in [5.41, 5.74) is 7.65. The average Bonchev–Trinajstić information content (AvgIpc) is 2.37. The second-order valence-corrected chi connectivity index (χ2v) is 6.59. The van der Waals surface area contributed by atoms with Crippen molar-refractivity contribution >= 4 is 17.3 Å². The van der Waals surface area contributed by atoms with Gasteiger partial charge in [-0.2, -0.15) is 0 Å². The summed E-state index contributed by atoms with van der Waals surface area (Å²) in [6.45, 7) is 4.60. The van der Waals surface area contributed by atoms with Crippen LogP contribution in [0.1, 0.15) is 49.9 Å². The Hall–Kier alpha value is -1.71. The SMILES string of the molecule is CN(c1ccc(N)cc1C(=O)O)C1CCC(C)(C)CC1. The van der Waals surface area contributed by atoms with E-state index < -0.39 is 5.97 Å². The van der Waals surface area contributed by atoms with E-state index in [-0.39, 0.29) is 5.56 Å². The molecule has 1 aromatic carbocycles. The highest BCUT2D eigenvalue weighted by molar-refractivity contribution is 5.95. The van der Waals surface area contributed by atoms with Gasteiger partial charge in [0.25, 0.3) is 0 Å². The van der Waals surface area contributed by atoms with Gasteiger partial charge in [0.15, 0.2) is 0 Å². The van der Waals surface area contributed by atoms with E-state index in [1.165, 1.54) is 12.8 Å².